The van der Waals surface area contributed by atoms with Gasteiger partial charge in [-0.05, 0) is 31.0 Å². The molecule has 0 fully saturated rings. The highest BCUT2D eigenvalue weighted by Gasteiger charge is 2.25. The zero-order valence-electron chi connectivity index (χ0n) is 9.93. The van der Waals surface area contributed by atoms with E-state index in [1.807, 2.05) is 12.1 Å². The summed E-state index contributed by atoms with van der Waals surface area (Å²) >= 11 is 0. The van der Waals surface area contributed by atoms with E-state index in [-0.39, 0.29) is 6.42 Å². The van der Waals surface area contributed by atoms with Gasteiger partial charge in [-0.3, -0.25) is 0 Å². The van der Waals surface area contributed by atoms with Crippen molar-refractivity contribution in [1.82, 2.24) is 5.32 Å². The van der Waals surface area contributed by atoms with Crippen LogP contribution in [0, 0.1) is 11.3 Å². The Labute approximate surface area is 104 Å². The summed E-state index contributed by atoms with van der Waals surface area (Å²) in [4.78, 5) is 0. The van der Waals surface area contributed by atoms with Gasteiger partial charge in [0.15, 0.2) is 0 Å². The SMILES string of the molecule is N#Cc1ccccc1CNCCCCC(F)(F)F. The zero-order valence-corrected chi connectivity index (χ0v) is 9.93. The molecule has 98 valence electrons. The summed E-state index contributed by atoms with van der Waals surface area (Å²) in [6.45, 7) is 1.03. The smallest absolute Gasteiger partial charge is 0.313 e. The Morgan fingerprint density at radius 3 is 2.56 bits per heavy atom. The molecule has 18 heavy (non-hydrogen) atoms. The van der Waals surface area contributed by atoms with Crippen molar-refractivity contribution >= 4 is 0 Å². The van der Waals surface area contributed by atoms with E-state index in [0.717, 1.165) is 5.56 Å². The summed E-state index contributed by atoms with van der Waals surface area (Å²) in [6.07, 6.45) is -4.18. The highest BCUT2D eigenvalue weighted by Crippen LogP contribution is 2.21. The summed E-state index contributed by atoms with van der Waals surface area (Å²) in [6, 6.07) is 9.25. The van der Waals surface area contributed by atoms with Crippen molar-refractivity contribution in [3.05, 3.63) is 35.4 Å². The second-order valence-corrected chi connectivity index (χ2v) is 4.02. The monoisotopic (exact) mass is 256 g/mol. The second-order valence-electron chi connectivity index (χ2n) is 4.02. The summed E-state index contributed by atoms with van der Waals surface area (Å²) < 4.78 is 35.6. The molecule has 5 heteroatoms. The van der Waals surface area contributed by atoms with Gasteiger partial charge < -0.3 is 5.32 Å². The fourth-order valence-electron chi connectivity index (χ4n) is 1.58. The Kier molecular flexibility index (Phi) is 5.66. The first-order valence-electron chi connectivity index (χ1n) is 5.78. The van der Waals surface area contributed by atoms with Crippen molar-refractivity contribution < 1.29 is 13.2 Å². The third-order valence-corrected chi connectivity index (χ3v) is 2.52. The van der Waals surface area contributed by atoms with E-state index in [9.17, 15) is 13.2 Å². The molecule has 1 aromatic carbocycles. The number of unbranched alkanes of at least 4 members (excludes halogenated alkanes) is 1. The average Bonchev–Trinajstić information content (AvgIpc) is 2.32. The number of halogens is 3. The molecule has 0 heterocycles. The molecular formula is C13H15F3N2. The maximum Gasteiger partial charge on any atom is 0.389 e. The number of nitriles is 1. The van der Waals surface area contributed by atoms with Gasteiger partial charge >= 0.3 is 6.18 Å². The summed E-state index contributed by atoms with van der Waals surface area (Å²) in [7, 11) is 0. The molecule has 0 radical (unpaired) electrons. The van der Waals surface area contributed by atoms with Crippen LogP contribution in [0.25, 0.3) is 0 Å². The van der Waals surface area contributed by atoms with Crippen LogP contribution in [0.2, 0.25) is 0 Å². The van der Waals surface area contributed by atoms with E-state index in [2.05, 4.69) is 11.4 Å². The topological polar surface area (TPSA) is 35.8 Å². The minimum atomic E-state index is -4.06. The van der Waals surface area contributed by atoms with Crippen molar-refractivity contribution in [2.24, 2.45) is 0 Å². The maximum absolute atomic E-state index is 11.9. The Morgan fingerprint density at radius 2 is 1.89 bits per heavy atom. The molecule has 0 aliphatic heterocycles. The first-order chi connectivity index (χ1) is 8.53. The molecule has 1 rings (SSSR count). The Bertz CT molecular complexity index is 407. The van der Waals surface area contributed by atoms with Crippen LogP contribution in [0.5, 0.6) is 0 Å². The Balaban J connectivity index is 2.21. The fraction of sp³-hybridized carbons (Fsp3) is 0.462. The first kappa shape index (κ1) is 14.5. The van der Waals surface area contributed by atoms with Crippen LogP contribution < -0.4 is 5.32 Å². The van der Waals surface area contributed by atoms with Crippen LogP contribution in [0.1, 0.15) is 30.4 Å². The van der Waals surface area contributed by atoms with Gasteiger partial charge in [0.2, 0.25) is 0 Å². The molecular weight excluding hydrogens is 241 g/mol. The van der Waals surface area contributed by atoms with Crippen LogP contribution in [0.15, 0.2) is 24.3 Å². The molecule has 0 amide bonds. The van der Waals surface area contributed by atoms with Gasteiger partial charge in [-0.15, -0.1) is 0 Å². The Morgan fingerprint density at radius 1 is 1.17 bits per heavy atom. The van der Waals surface area contributed by atoms with E-state index >= 15 is 0 Å². The van der Waals surface area contributed by atoms with Gasteiger partial charge in [0.25, 0.3) is 0 Å². The molecule has 0 saturated carbocycles. The van der Waals surface area contributed by atoms with Gasteiger partial charge in [0.05, 0.1) is 11.6 Å². The maximum atomic E-state index is 11.9. The van der Waals surface area contributed by atoms with Crippen LogP contribution in [-0.2, 0) is 6.54 Å². The number of benzene rings is 1. The molecule has 0 atom stereocenters. The van der Waals surface area contributed by atoms with Gasteiger partial charge in [-0.25, -0.2) is 0 Å². The van der Waals surface area contributed by atoms with Gasteiger partial charge in [-0.1, -0.05) is 18.2 Å². The normalized spacial score (nSPS) is 11.2. The lowest BCUT2D eigenvalue weighted by atomic mass is 10.1. The van der Waals surface area contributed by atoms with E-state index < -0.39 is 12.6 Å². The Hall–Kier alpha value is -1.54. The average molecular weight is 256 g/mol. The molecule has 0 aromatic heterocycles. The summed E-state index contributed by atoms with van der Waals surface area (Å²) in [5, 5.41) is 11.9. The lowest BCUT2D eigenvalue weighted by Crippen LogP contribution is -2.16. The van der Waals surface area contributed by atoms with E-state index in [1.165, 1.54) is 0 Å². The van der Waals surface area contributed by atoms with Crippen LogP contribution >= 0.6 is 0 Å². The predicted octanol–water partition coefficient (Wildman–Crippen LogP) is 3.38. The zero-order chi connectivity index (χ0) is 13.4. The molecule has 1 N–H and O–H groups in total. The predicted molar refractivity (Wildman–Crippen MR) is 62.8 cm³/mol. The molecule has 0 saturated heterocycles. The highest BCUT2D eigenvalue weighted by atomic mass is 19.4. The van der Waals surface area contributed by atoms with E-state index in [4.69, 9.17) is 5.26 Å². The molecule has 0 spiro atoms. The summed E-state index contributed by atoms with van der Waals surface area (Å²) in [5.41, 5.74) is 1.47. The number of alkyl halides is 3. The minimum Gasteiger partial charge on any atom is -0.313 e. The molecule has 0 bridgehead atoms. The number of hydrogen-bond donors (Lipinski definition) is 1. The number of hydrogen-bond acceptors (Lipinski definition) is 2. The van der Waals surface area contributed by atoms with Gasteiger partial charge in [0, 0.05) is 13.0 Å². The second kappa shape index (κ2) is 7.02. The van der Waals surface area contributed by atoms with Crippen LogP contribution in [0.3, 0.4) is 0 Å². The van der Waals surface area contributed by atoms with Gasteiger partial charge in [-0.2, -0.15) is 18.4 Å². The summed E-state index contributed by atoms with van der Waals surface area (Å²) in [5.74, 6) is 0. The number of nitrogens with zero attached hydrogens (tertiary/aromatic N) is 1. The molecule has 0 unspecified atom stereocenters. The largest absolute Gasteiger partial charge is 0.389 e. The van der Waals surface area contributed by atoms with Crippen LogP contribution in [-0.4, -0.2) is 12.7 Å². The standard InChI is InChI=1S/C13H15F3N2/c14-13(15,16)7-3-4-8-18-10-12-6-2-1-5-11(12)9-17/h1-2,5-6,18H,3-4,7-8,10H2. The van der Waals surface area contributed by atoms with Crippen molar-refractivity contribution in [3.63, 3.8) is 0 Å². The quantitative estimate of drug-likeness (QED) is 0.792. The van der Waals surface area contributed by atoms with Crippen molar-refractivity contribution in [2.45, 2.75) is 32.0 Å². The highest BCUT2D eigenvalue weighted by molar-refractivity contribution is 5.37. The first-order valence-corrected chi connectivity index (χ1v) is 5.78. The number of nitrogens with one attached hydrogen (secondary N) is 1. The lowest BCUT2D eigenvalue weighted by Gasteiger charge is -2.07. The van der Waals surface area contributed by atoms with E-state index in [1.54, 1.807) is 12.1 Å². The number of rotatable bonds is 6. The van der Waals surface area contributed by atoms with Gasteiger partial charge in [0.1, 0.15) is 0 Å². The third kappa shape index (κ3) is 5.69. The molecule has 1 aromatic rings. The van der Waals surface area contributed by atoms with Crippen molar-refractivity contribution in [1.29, 1.82) is 5.26 Å². The molecule has 0 aliphatic carbocycles. The lowest BCUT2D eigenvalue weighted by molar-refractivity contribution is -0.135. The van der Waals surface area contributed by atoms with Crippen molar-refractivity contribution in [3.8, 4) is 6.07 Å². The van der Waals surface area contributed by atoms with Crippen molar-refractivity contribution in [2.75, 3.05) is 6.54 Å². The third-order valence-electron chi connectivity index (χ3n) is 2.52. The molecule has 0 aliphatic rings. The van der Waals surface area contributed by atoms with E-state index in [0.29, 0.717) is 25.1 Å². The fourth-order valence-corrected chi connectivity index (χ4v) is 1.58. The minimum absolute atomic E-state index is 0.135. The molecule has 2 nitrogen and oxygen atoms in total. The van der Waals surface area contributed by atoms with Crippen LogP contribution in [0.4, 0.5) is 13.2 Å².